The van der Waals surface area contributed by atoms with E-state index in [1.165, 1.54) is 0 Å². The number of carboxylic acid groups (broad SMARTS) is 1. The topological polar surface area (TPSA) is 40.5 Å². The minimum Gasteiger partial charge on any atom is -0.480 e. The van der Waals surface area contributed by atoms with Crippen molar-refractivity contribution in [3.8, 4) is 0 Å². The molecule has 1 heterocycles. The summed E-state index contributed by atoms with van der Waals surface area (Å²) < 4.78 is 0. The fourth-order valence-electron chi connectivity index (χ4n) is 2.54. The minimum absolute atomic E-state index is 0.246. The summed E-state index contributed by atoms with van der Waals surface area (Å²) >= 11 is 0. The third-order valence-electron chi connectivity index (χ3n) is 3.91. The first-order chi connectivity index (χ1) is 7.58. The Morgan fingerprint density at radius 1 is 1.44 bits per heavy atom. The third kappa shape index (κ3) is 3.48. The van der Waals surface area contributed by atoms with Gasteiger partial charge in [-0.2, -0.15) is 0 Å². The molecule has 2 unspecified atom stereocenters. The Morgan fingerprint density at radius 3 is 2.56 bits per heavy atom. The Labute approximate surface area is 98.8 Å². The molecule has 16 heavy (non-hydrogen) atoms. The zero-order chi connectivity index (χ0) is 12.1. The summed E-state index contributed by atoms with van der Waals surface area (Å²) in [6, 6.07) is -0.246. The predicted molar refractivity (Wildman–Crippen MR) is 65.5 cm³/mol. The normalized spacial score (nSPS) is 27.2. The number of carbonyl (C=O) groups is 1. The zero-order valence-electron chi connectivity index (χ0n) is 10.8. The largest absolute Gasteiger partial charge is 0.480 e. The van der Waals surface area contributed by atoms with Crippen LogP contribution in [-0.2, 0) is 4.79 Å². The van der Waals surface area contributed by atoms with Crippen molar-refractivity contribution < 1.29 is 9.90 Å². The van der Waals surface area contributed by atoms with E-state index in [1.54, 1.807) is 0 Å². The van der Waals surface area contributed by atoms with Crippen molar-refractivity contribution in [3.63, 3.8) is 0 Å². The van der Waals surface area contributed by atoms with Crippen molar-refractivity contribution >= 4 is 5.97 Å². The first-order valence-electron chi connectivity index (χ1n) is 6.55. The van der Waals surface area contributed by atoms with Crippen LogP contribution in [0.5, 0.6) is 0 Å². The van der Waals surface area contributed by atoms with E-state index < -0.39 is 5.97 Å². The molecule has 3 nitrogen and oxygen atoms in total. The molecule has 0 bridgehead atoms. The molecule has 0 aromatic carbocycles. The number of hydrogen-bond donors (Lipinski definition) is 1. The summed E-state index contributed by atoms with van der Waals surface area (Å²) in [7, 11) is 0. The Balaban J connectivity index is 2.58. The zero-order valence-corrected chi connectivity index (χ0v) is 10.8. The standard InChI is InChI=1S/C13H25NO2/c1-4-11(5-2)9-14-7-6-10(3)8-12(14)13(15)16/h10-12H,4-9H2,1-3H3,(H,15,16). The fraction of sp³-hybridized carbons (Fsp3) is 0.923. The van der Waals surface area contributed by atoms with Crippen LogP contribution in [-0.4, -0.2) is 35.1 Å². The lowest BCUT2D eigenvalue weighted by atomic mass is 9.91. The van der Waals surface area contributed by atoms with Crippen molar-refractivity contribution in [3.05, 3.63) is 0 Å². The Hall–Kier alpha value is -0.570. The van der Waals surface area contributed by atoms with Crippen LogP contribution in [0.25, 0.3) is 0 Å². The fourth-order valence-corrected chi connectivity index (χ4v) is 2.54. The molecule has 2 atom stereocenters. The second-order valence-corrected chi connectivity index (χ2v) is 5.16. The molecule has 1 aliphatic rings. The third-order valence-corrected chi connectivity index (χ3v) is 3.91. The average Bonchev–Trinajstić information content (AvgIpc) is 2.27. The maximum absolute atomic E-state index is 11.2. The SMILES string of the molecule is CCC(CC)CN1CCC(C)CC1C(=O)O. The molecule has 0 aliphatic carbocycles. The number of carboxylic acids is 1. The second kappa shape index (κ2) is 6.24. The van der Waals surface area contributed by atoms with Crippen LogP contribution in [0.3, 0.4) is 0 Å². The molecular weight excluding hydrogens is 202 g/mol. The molecule has 0 radical (unpaired) electrons. The molecule has 0 spiro atoms. The summed E-state index contributed by atoms with van der Waals surface area (Å²) in [6.45, 7) is 8.45. The van der Waals surface area contributed by atoms with Crippen molar-refractivity contribution in [2.24, 2.45) is 11.8 Å². The highest BCUT2D eigenvalue weighted by molar-refractivity contribution is 5.73. The molecule has 3 heteroatoms. The van der Waals surface area contributed by atoms with Gasteiger partial charge in [-0.05, 0) is 31.2 Å². The maximum atomic E-state index is 11.2. The van der Waals surface area contributed by atoms with Crippen LogP contribution in [0.4, 0.5) is 0 Å². The molecule has 1 aliphatic heterocycles. The number of piperidine rings is 1. The maximum Gasteiger partial charge on any atom is 0.320 e. The van der Waals surface area contributed by atoms with Gasteiger partial charge in [0.25, 0.3) is 0 Å². The lowest BCUT2D eigenvalue weighted by molar-refractivity contribution is -0.145. The number of aliphatic carboxylic acids is 1. The highest BCUT2D eigenvalue weighted by atomic mass is 16.4. The van der Waals surface area contributed by atoms with Gasteiger partial charge in [-0.15, -0.1) is 0 Å². The smallest absolute Gasteiger partial charge is 0.320 e. The van der Waals surface area contributed by atoms with Crippen molar-refractivity contribution in [1.82, 2.24) is 4.90 Å². The molecule has 94 valence electrons. The summed E-state index contributed by atoms with van der Waals surface area (Å²) in [6.07, 6.45) is 4.25. The summed E-state index contributed by atoms with van der Waals surface area (Å²) in [5.41, 5.74) is 0. The van der Waals surface area contributed by atoms with Crippen LogP contribution in [0.1, 0.15) is 46.5 Å². The second-order valence-electron chi connectivity index (χ2n) is 5.16. The molecule has 1 saturated heterocycles. The summed E-state index contributed by atoms with van der Waals surface area (Å²) in [5.74, 6) is 0.562. The van der Waals surface area contributed by atoms with Gasteiger partial charge < -0.3 is 5.11 Å². The lowest BCUT2D eigenvalue weighted by Crippen LogP contribution is -2.48. The number of likely N-dealkylation sites (tertiary alicyclic amines) is 1. The first kappa shape index (κ1) is 13.5. The van der Waals surface area contributed by atoms with Crippen LogP contribution >= 0.6 is 0 Å². The molecule has 0 aromatic rings. The van der Waals surface area contributed by atoms with E-state index in [4.69, 9.17) is 0 Å². The van der Waals surface area contributed by atoms with Gasteiger partial charge in [0.2, 0.25) is 0 Å². The Morgan fingerprint density at radius 2 is 2.06 bits per heavy atom. The number of nitrogens with zero attached hydrogens (tertiary/aromatic N) is 1. The van der Waals surface area contributed by atoms with Crippen LogP contribution in [0.15, 0.2) is 0 Å². The van der Waals surface area contributed by atoms with E-state index in [9.17, 15) is 9.90 Å². The molecule has 0 aromatic heterocycles. The first-order valence-corrected chi connectivity index (χ1v) is 6.55. The van der Waals surface area contributed by atoms with Gasteiger partial charge in [0.05, 0.1) is 0 Å². The number of rotatable bonds is 5. The van der Waals surface area contributed by atoms with Gasteiger partial charge >= 0.3 is 5.97 Å². The predicted octanol–water partition coefficient (Wildman–Crippen LogP) is 2.61. The summed E-state index contributed by atoms with van der Waals surface area (Å²) in [5, 5.41) is 9.24. The van der Waals surface area contributed by atoms with Gasteiger partial charge in [0.1, 0.15) is 6.04 Å². The average molecular weight is 227 g/mol. The van der Waals surface area contributed by atoms with E-state index in [-0.39, 0.29) is 6.04 Å². The van der Waals surface area contributed by atoms with E-state index in [1.807, 2.05) is 0 Å². The highest BCUT2D eigenvalue weighted by Crippen LogP contribution is 2.24. The molecule has 1 rings (SSSR count). The quantitative estimate of drug-likeness (QED) is 0.785. The molecule has 0 amide bonds. The molecular formula is C13H25NO2. The molecule has 1 N–H and O–H groups in total. The van der Waals surface area contributed by atoms with E-state index in [0.717, 1.165) is 38.8 Å². The van der Waals surface area contributed by atoms with Crippen LogP contribution < -0.4 is 0 Å². The van der Waals surface area contributed by atoms with E-state index in [2.05, 4.69) is 25.7 Å². The number of hydrogen-bond acceptors (Lipinski definition) is 2. The van der Waals surface area contributed by atoms with Gasteiger partial charge in [-0.3, -0.25) is 9.69 Å². The van der Waals surface area contributed by atoms with Gasteiger partial charge in [-0.25, -0.2) is 0 Å². The van der Waals surface area contributed by atoms with E-state index >= 15 is 0 Å². The van der Waals surface area contributed by atoms with Gasteiger partial charge in [-0.1, -0.05) is 33.6 Å². The van der Waals surface area contributed by atoms with Crippen LogP contribution in [0.2, 0.25) is 0 Å². The molecule has 1 fully saturated rings. The Bertz CT molecular complexity index is 226. The lowest BCUT2D eigenvalue weighted by Gasteiger charge is -2.37. The highest BCUT2D eigenvalue weighted by Gasteiger charge is 2.32. The van der Waals surface area contributed by atoms with Crippen molar-refractivity contribution in [2.75, 3.05) is 13.1 Å². The Kier molecular flexibility index (Phi) is 5.26. The van der Waals surface area contributed by atoms with Crippen molar-refractivity contribution in [1.29, 1.82) is 0 Å². The van der Waals surface area contributed by atoms with Gasteiger partial charge in [0.15, 0.2) is 0 Å². The molecule has 0 saturated carbocycles. The van der Waals surface area contributed by atoms with Gasteiger partial charge in [0, 0.05) is 6.54 Å². The van der Waals surface area contributed by atoms with E-state index in [0.29, 0.717) is 11.8 Å². The minimum atomic E-state index is -0.641. The monoisotopic (exact) mass is 227 g/mol. The van der Waals surface area contributed by atoms with Crippen molar-refractivity contribution in [2.45, 2.75) is 52.5 Å². The van der Waals surface area contributed by atoms with Crippen LogP contribution in [0, 0.1) is 11.8 Å². The summed E-state index contributed by atoms with van der Waals surface area (Å²) in [4.78, 5) is 13.4.